The van der Waals surface area contributed by atoms with Crippen molar-refractivity contribution in [2.45, 2.75) is 19.6 Å². The predicted molar refractivity (Wildman–Crippen MR) is 179 cm³/mol. The van der Waals surface area contributed by atoms with Crippen LogP contribution in [0.3, 0.4) is 0 Å². The average molecular weight is 573 g/mol. The molecule has 0 spiro atoms. The van der Waals surface area contributed by atoms with E-state index >= 15 is 0 Å². The van der Waals surface area contributed by atoms with Crippen molar-refractivity contribution in [3.8, 4) is 0 Å². The summed E-state index contributed by atoms with van der Waals surface area (Å²) in [6, 6.07) is 53.2. The number of hydrogen-bond donors (Lipinski definition) is 0. The van der Waals surface area contributed by atoms with Crippen LogP contribution >= 0.6 is 23.5 Å². The molecule has 0 unspecified atom stereocenters. The van der Waals surface area contributed by atoms with Gasteiger partial charge in [0, 0.05) is 31.0 Å². The minimum Gasteiger partial charge on any atom is -0.308 e. The van der Waals surface area contributed by atoms with E-state index in [1.807, 2.05) is 23.5 Å². The Labute approximate surface area is 253 Å². The van der Waals surface area contributed by atoms with Crippen LogP contribution in [0, 0.1) is 0 Å². The molecule has 7 aromatic rings. The molecule has 0 fully saturated rings. The van der Waals surface area contributed by atoms with Crippen LogP contribution in [0.2, 0.25) is 0 Å². The molecule has 2 aliphatic heterocycles. The van der Waals surface area contributed by atoms with E-state index in [9.17, 15) is 0 Å². The molecular formula is C38H24N2S2. The van der Waals surface area contributed by atoms with Crippen molar-refractivity contribution in [2.75, 3.05) is 9.80 Å². The maximum absolute atomic E-state index is 2.40. The number of nitrogens with zero attached hydrogens (tertiary/aromatic N) is 2. The molecule has 9 rings (SSSR count). The van der Waals surface area contributed by atoms with E-state index in [1.54, 1.807) is 0 Å². The van der Waals surface area contributed by atoms with Gasteiger partial charge in [-0.3, -0.25) is 0 Å². The van der Waals surface area contributed by atoms with Gasteiger partial charge in [0.05, 0.1) is 22.7 Å². The number of benzene rings is 7. The summed E-state index contributed by atoms with van der Waals surface area (Å²) in [5.74, 6) is 0. The summed E-state index contributed by atoms with van der Waals surface area (Å²) in [5, 5.41) is 4.97. The molecular weight excluding hydrogens is 549 g/mol. The van der Waals surface area contributed by atoms with Crippen LogP contribution in [0.15, 0.2) is 165 Å². The highest BCUT2D eigenvalue weighted by Crippen LogP contribution is 2.53. The highest BCUT2D eigenvalue weighted by molar-refractivity contribution is 8.00. The van der Waals surface area contributed by atoms with E-state index in [4.69, 9.17) is 0 Å². The Kier molecular flexibility index (Phi) is 5.40. The first-order chi connectivity index (χ1) is 20.8. The molecule has 0 aliphatic carbocycles. The summed E-state index contributed by atoms with van der Waals surface area (Å²) in [5.41, 5.74) is 7.27. The second-order valence-electron chi connectivity index (χ2n) is 10.7. The van der Waals surface area contributed by atoms with Crippen LogP contribution in [-0.2, 0) is 0 Å². The second-order valence-corrected chi connectivity index (χ2v) is 12.8. The maximum Gasteiger partial charge on any atom is 0.0601 e. The minimum absolute atomic E-state index is 1.18. The van der Waals surface area contributed by atoms with Crippen molar-refractivity contribution in [1.29, 1.82) is 0 Å². The molecule has 0 amide bonds. The zero-order valence-corrected chi connectivity index (χ0v) is 24.2. The quantitative estimate of drug-likeness (QED) is 0.190. The Morgan fingerprint density at radius 3 is 1.00 bits per heavy atom. The molecule has 0 saturated carbocycles. The van der Waals surface area contributed by atoms with E-state index in [0.29, 0.717) is 0 Å². The third-order valence-corrected chi connectivity index (χ3v) is 10.4. The summed E-state index contributed by atoms with van der Waals surface area (Å²) in [7, 11) is 0. The smallest absolute Gasteiger partial charge is 0.0601 e. The number of anilines is 6. The first kappa shape index (κ1) is 24.0. The van der Waals surface area contributed by atoms with Gasteiger partial charge >= 0.3 is 0 Å². The van der Waals surface area contributed by atoms with Crippen molar-refractivity contribution < 1.29 is 0 Å². The van der Waals surface area contributed by atoms with E-state index in [2.05, 4.69) is 155 Å². The highest BCUT2D eigenvalue weighted by Gasteiger charge is 2.26. The highest BCUT2D eigenvalue weighted by atomic mass is 32.2. The molecule has 198 valence electrons. The maximum atomic E-state index is 2.40. The van der Waals surface area contributed by atoms with Gasteiger partial charge in [-0.2, -0.15) is 0 Å². The van der Waals surface area contributed by atoms with Gasteiger partial charge in [-0.05, 0) is 106 Å². The lowest BCUT2D eigenvalue weighted by molar-refractivity contribution is 1.17. The molecule has 0 bridgehead atoms. The van der Waals surface area contributed by atoms with Crippen molar-refractivity contribution >= 4 is 79.2 Å². The van der Waals surface area contributed by atoms with Crippen LogP contribution in [-0.4, -0.2) is 0 Å². The fraction of sp³-hybridized carbons (Fsp3) is 0. The van der Waals surface area contributed by atoms with Crippen LogP contribution < -0.4 is 9.80 Å². The van der Waals surface area contributed by atoms with E-state index < -0.39 is 0 Å². The third kappa shape index (κ3) is 3.76. The van der Waals surface area contributed by atoms with Gasteiger partial charge in [-0.15, -0.1) is 0 Å². The zero-order valence-electron chi connectivity index (χ0n) is 22.6. The molecule has 0 radical (unpaired) electrons. The third-order valence-electron chi connectivity index (χ3n) is 8.14. The standard InChI is InChI=1S/C38H24N2S2/c1-5-13-35-31(9-1)39(32-10-2-6-14-36(32)41-35)29-19-17-25-22-28-24-30(20-18-26(28)21-27(25)23-29)40-33-11-3-7-15-37(33)42-38-16-8-4-12-34(38)40/h1-24H. The Morgan fingerprint density at radius 2 is 0.643 bits per heavy atom. The molecule has 42 heavy (non-hydrogen) atoms. The predicted octanol–water partition coefficient (Wildman–Crippen LogP) is 11.9. The van der Waals surface area contributed by atoms with E-state index in [1.165, 1.54) is 75.3 Å². The van der Waals surface area contributed by atoms with E-state index in [0.717, 1.165) is 0 Å². The molecule has 0 saturated heterocycles. The zero-order chi connectivity index (χ0) is 27.6. The second kappa shape index (κ2) is 9.45. The Bertz CT molecular complexity index is 1940. The summed E-state index contributed by atoms with van der Waals surface area (Å²) < 4.78 is 0. The Hall–Kier alpha value is -4.64. The summed E-state index contributed by atoms with van der Waals surface area (Å²) in [6.07, 6.45) is 0. The van der Waals surface area contributed by atoms with Crippen molar-refractivity contribution in [1.82, 2.24) is 0 Å². The molecule has 7 aromatic carbocycles. The van der Waals surface area contributed by atoms with Crippen LogP contribution in [0.25, 0.3) is 21.5 Å². The SMILES string of the molecule is c1ccc2c(c1)Sc1ccccc1N2c1ccc2cc3cc(N4c5ccccc5Sc5ccccc54)ccc3cc2c1. The molecule has 0 aromatic heterocycles. The minimum atomic E-state index is 1.18. The number of rotatable bonds is 2. The van der Waals surface area contributed by atoms with Crippen molar-refractivity contribution in [3.05, 3.63) is 146 Å². The molecule has 4 heteroatoms. The number of hydrogen-bond acceptors (Lipinski definition) is 4. The molecule has 2 heterocycles. The van der Waals surface area contributed by atoms with Crippen molar-refractivity contribution in [3.63, 3.8) is 0 Å². The van der Waals surface area contributed by atoms with Gasteiger partial charge in [0.15, 0.2) is 0 Å². The summed E-state index contributed by atoms with van der Waals surface area (Å²) >= 11 is 3.69. The number of fused-ring (bicyclic) bond motifs is 6. The lowest BCUT2D eigenvalue weighted by Crippen LogP contribution is -2.14. The Balaban J connectivity index is 1.17. The van der Waals surface area contributed by atoms with Crippen LogP contribution in [0.4, 0.5) is 34.1 Å². The van der Waals surface area contributed by atoms with Gasteiger partial charge in [0.1, 0.15) is 0 Å². The van der Waals surface area contributed by atoms with Gasteiger partial charge in [-0.25, -0.2) is 0 Å². The summed E-state index contributed by atoms with van der Waals surface area (Å²) in [6.45, 7) is 0. The van der Waals surface area contributed by atoms with Crippen molar-refractivity contribution in [2.24, 2.45) is 0 Å². The molecule has 0 N–H and O–H groups in total. The normalized spacial score (nSPS) is 13.4. The lowest BCUT2D eigenvalue weighted by atomic mass is 10.0. The average Bonchev–Trinajstić information content (AvgIpc) is 3.04. The topological polar surface area (TPSA) is 6.48 Å². The first-order valence-corrected chi connectivity index (χ1v) is 15.7. The first-order valence-electron chi connectivity index (χ1n) is 14.1. The van der Waals surface area contributed by atoms with Gasteiger partial charge in [-0.1, -0.05) is 84.2 Å². The fourth-order valence-corrected chi connectivity index (χ4v) is 8.33. The Morgan fingerprint density at radius 1 is 0.310 bits per heavy atom. The largest absolute Gasteiger partial charge is 0.308 e. The van der Waals surface area contributed by atoms with Crippen LogP contribution in [0.5, 0.6) is 0 Å². The van der Waals surface area contributed by atoms with Gasteiger partial charge < -0.3 is 9.80 Å². The molecule has 2 aliphatic rings. The van der Waals surface area contributed by atoms with Gasteiger partial charge in [0.2, 0.25) is 0 Å². The lowest BCUT2D eigenvalue weighted by Gasteiger charge is -2.33. The molecule has 2 nitrogen and oxygen atoms in total. The van der Waals surface area contributed by atoms with Gasteiger partial charge in [0.25, 0.3) is 0 Å². The fourth-order valence-electron chi connectivity index (χ4n) is 6.22. The van der Waals surface area contributed by atoms with Crippen LogP contribution in [0.1, 0.15) is 0 Å². The molecule has 0 atom stereocenters. The van der Waals surface area contributed by atoms with E-state index in [-0.39, 0.29) is 0 Å². The number of para-hydroxylation sites is 4. The monoisotopic (exact) mass is 572 g/mol. The summed E-state index contributed by atoms with van der Waals surface area (Å²) in [4.78, 5) is 9.92.